The minimum atomic E-state index is -0.819. The van der Waals surface area contributed by atoms with Gasteiger partial charge >= 0.3 is 0 Å². The maximum atomic E-state index is 13.7. The van der Waals surface area contributed by atoms with Crippen LogP contribution in [0.2, 0.25) is 0 Å². The Bertz CT molecular complexity index is 606. The second-order valence-electron chi connectivity index (χ2n) is 5.17. The van der Waals surface area contributed by atoms with E-state index < -0.39 is 11.9 Å². The zero-order chi connectivity index (χ0) is 14.1. The van der Waals surface area contributed by atoms with E-state index in [-0.39, 0.29) is 5.56 Å². The second kappa shape index (κ2) is 5.25. The zero-order valence-corrected chi connectivity index (χ0v) is 11.3. The second-order valence-corrected chi connectivity index (χ2v) is 5.17. The molecule has 0 radical (unpaired) electrons. The molecule has 1 aliphatic carbocycles. The Labute approximate surface area is 116 Å². The molecule has 0 unspecified atom stereocenters. The van der Waals surface area contributed by atoms with Crippen molar-refractivity contribution in [1.82, 2.24) is 9.55 Å². The Hall–Kier alpha value is -1.88. The van der Waals surface area contributed by atoms with Crippen LogP contribution in [0.1, 0.15) is 43.2 Å². The third-order valence-corrected chi connectivity index (χ3v) is 3.50. The zero-order valence-electron chi connectivity index (χ0n) is 11.3. The number of aliphatic hydroxyl groups excluding tert-OH is 1. The van der Waals surface area contributed by atoms with Crippen LogP contribution in [-0.2, 0) is 6.61 Å². The number of nitrogens with zero attached hydrogens (tertiary/aromatic N) is 2. The summed E-state index contributed by atoms with van der Waals surface area (Å²) in [5.41, 5.74) is 1.27. The number of aromatic nitrogens is 2. The van der Waals surface area contributed by atoms with Crippen LogP contribution in [0, 0.1) is 5.82 Å². The predicted octanol–water partition coefficient (Wildman–Crippen LogP) is 2.99. The van der Waals surface area contributed by atoms with Gasteiger partial charge in [-0.25, -0.2) is 9.37 Å². The van der Waals surface area contributed by atoms with Gasteiger partial charge < -0.3 is 14.4 Å². The van der Waals surface area contributed by atoms with E-state index >= 15 is 0 Å². The highest BCUT2D eigenvalue weighted by Crippen LogP contribution is 2.35. The Morgan fingerprint density at radius 2 is 2.30 bits per heavy atom. The lowest BCUT2D eigenvalue weighted by atomic mass is 10.1. The molecule has 1 N–H and O–H groups in total. The van der Waals surface area contributed by atoms with E-state index in [1.807, 2.05) is 6.33 Å². The van der Waals surface area contributed by atoms with Crippen molar-refractivity contribution < 1.29 is 14.2 Å². The first kappa shape index (κ1) is 13.1. The average Bonchev–Trinajstić information content (AvgIpc) is 3.15. The van der Waals surface area contributed by atoms with Crippen molar-refractivity contribution in [2.45, 2.75) is 38.5 Å². The summed E-state index contributed by atoms with van der Waals surface area (Å²) < 4.78 is 21.4. The molecule has 4 nitrogen and oxygen atoms in total. The van der Waals surface area contributed by atoms with E-state index in [2.05, 4.69) is 9.55 Å². The monoisotopic (exact) mass is 276 g/mol. The van der Waals surface area contributed by atoms with Crippen molar-refractivity contribution in [1.29, 1.82) is 0 Å². The van der Waals surface area contributed by atoms with Gasteiger partial charge in [0, 0.05) is 17.7 Å². The molecular formula is C15H17FN2O2. The van der Waals surface area contributed by atoms with Gasteiger partial charge in [0.05, 0.1) is 24.3 Å². The summed E-state index contributed by atoms with van der Waals surface area (Å²) in [7, 11) is 0. The molecule has 106 valence electrons. The third kappa shape index (κ3) is 2.67. The standard InChI is InChI=1S/C15H17FN2O2/c1-10(19)14-5-4-13(6-15(14)16)20-8-12-7-17-9-18(12)11-2-3-11/h4-7,9-11,19H,2-3,8H2,1H3/t10-/m1/s1. The van der Waals surface area contributed by atoms with Gasteiger partial charge in [0.2, 0.25) is 0 Å². The summed E-state index contributed by atoms with van der Waals surface area (Å²) in [5, 5.41) is 9.39. The molecule has 0 saturated heterocycles. The van der Waals surface area contributed by atoms with Gasteiger partial charge in [0.1, 0.15) is 18.2 Å². The predicted molar refractivity (Wildman–Crippen MR) is 71.9 cm³/mol. The average molecular weight is 276 g/mol. The molecular weight excluding hydrogens is 259 g/mol. The molecule has 0 spiro atoms. The maximum absolute atomic E-state index is 13.7. The van der Waals surface area contributed by atoms with Gasteiger partial charge in [-0.1, -0.05) is 0 Å². The van der Waals surface area contributed by atoms with Crippen molar-refractivity contribution >= 4 is 0 Å². The maximum Gasteiger partial charge on any atom is 0.132 e. The molecule has 2 aromatic rings. The highest BCUT2D eigenvalue weighted by Gasteiger charge is 2.25. The lowest BCUT2D eigenvalue weighted by molar-refractivity contribution is 0.193. The van der Waals surface area contributed by atoms with Crippen molar-refractivity contribution in [3.05, 3.63) is 47.8 Å². The van der Waals surface area contributed by atoms with E-state index in [9.17, 15) is 9.50 Å². The molecule has 0 bridgehead atoms. The molecule has 1 atom stereocenters. The van der Waals surface area contributed by atoms with E-state index in [1.165, 1.54) is 25.8 Å². The SMILES string of the molecule is C[C@@H](O)c1ccc(OCc2cncn2C2CC2)cc1F. The van der Waals surface area contributed by atoms with Crippen molar-refractivity contribution in [2.75, 3.05) is 0 Å². The third-order valence-electron chi connectivity index (χ3n) is 3.50. The van der Waals surface area contributed by atoms with Gasteiger partial charge in [-0.15, -0.1) is 0 Å². The Morgan fingerprint density at radius 3 is 2.95 bits per heavy atom. The first-order valence-electron chi connectivity index (χ1n) is 6.76. The highest BCUT2D eigenvalue weighted by molar-refractivity contribution is 5.30. The fraction of sp³-hybridized carbons (Fsp3) is 0.400. The molecule has 1 fully saturated rings. The molecule has 20 heavy (non-hydrogen) atoms. The number of imidazole rings is 1. The quantitative estimate of drug-likeness (QED) is 0.913. The van der Waals surface area contributed by atoms with Gasteiger partial charge in [-0.05, 0) is 31.9 Å². The van der Waals surface area contributed by atoms with Gasteiger partial charge in [0.25, 0.3) is 0 Å². The number of hydrogen-bond donors (Lipinski definition) is 1. The lowest BCUT2D eigenvalue weighted by Gasteiger charge is -2.11. The number of halogens is 1. The Kier molecular flexibility index (Phi) is 3.44. The van der Waals surface area contributed by atoms with Crippen LogP contribution in [0.4, 0.5) is 4.39 Å². The van der Waals surface area contributed by atoms with Crippen LogP contribution in [0.3, 0.4) is 0 Å². The summed E-state index contributed by atoms with van der Waals surface area (Å²) in [4.78, 5) is 4.13. The van der Waals surface area contributed by atoms with Crippen molar-refractivity contribution in [3.63, 3.8) is 0 Å². The summed E-state index contributed by atoms with van der Waals surface area (Å²) in [6, 6.07) is 5.07. The molecule has 1 heterocycles. The van der Waals surface area contributed by atoms with Gasteiger partial charge in [-0.2, -0.15) is 0 Å². The van der Waals surface area contributed by atoms with Crippen LogP contribution < -0.4 is 4.74 Å². The van der Waals surface area contributed by atoms with E-state index in [0.717, 1.165) is 5.69 Å². The molecule has 1 aliphatic rings. The summed E-state index contributed by atoms with van der Waals surface area (Å²) in [5.74, 6) is 0.00338. The first-order valence-corrected chi connectivity index (χ1v) is 6.76. The summed E-state index contributed by atoms with van der Waals surface area (Å²) in [6.07, 6.45) is 5.13. The number of aliphatic hydroxyl groups is 1. The summed E-state index contributed by atoms with van der Waals surface area (Å²) in [6.45, 7) is 1.90. The molecule has 5 heteroatoms. The Morgan fingerprint density at radius 1 is 1.50 bits per heavy atom. The minimum Gasteiger partial charge on any atom is -0.487 e. The van der Waals surface area contributed by atoms with Crippen molar-refractivity contribution in [3.8, 4) is 5.75 Å². The highest BCUT2D eigenvalue weighted by atomic mass is 19.1. The largest absolute Gasteiger partial charge is 0.487 e. The fourth-order valence-corrected chi connectivity index (χ4v) is 2.22. The molecule has 3 rings (SSSR count). The van der Waals surface area contributed by atoms with E-state index in [0.29, 0.717) is 18.4 Å². The number of ether oxygens (including phenoxy) is 1. The molecule has 1 saturated carbocycles. The van der Waals surface area contributed by atoms with Crippen LogP contribution >= 0.6 is 0 Å². The van der Waals surface area contributed by atoms with Crippen LogP contribution in [0.15, 0.2) is 30.7 Å². The number of benzene rings is 1. The normalized spacial score (nSPS) is 16.1. The lowest BCUT2D eigenvalue weighted by Crippen LogP contribution is -2.04. The smallest absolute Gasteiger partial charge is 0.132 e. The minimum absolute atomic E-state index is 0.278. The van der Waals surface area contributed by atoms with E-state index in [4.69, 9.17) is 4.74 Å². The van der Waals surface area contributed by atoms with E-state index in [1.54, 1.807) is 18.3 Å². The van der Waals surface area contributed by atoms with Crippen LogP contribution in [0.25, 0.3) is 0 Å². The molecule has 0 aliphatic heterocycles. The number of rotatable bonds is 5. The van der Waals surface area contributed by atoms with Crippen LogP contribution in [0.5, 0.6) is 5.75 Å². The molecule has 0 amide bonds. The topological polar surface area (TPSA) is 47.3 Å². The molecule has 1 aromatic carbocycles. The van der Waals surface area contributed by atoms with Crippen LogP contribution in [-0.4, -0.2) is 14.7 Å². The Balaban J connectivity index is 1.69. The summed E-state index contributed by atoms with van der Waals surface area (Å²) >= 11 is 0. The van der Waals surface area contributed by atoms with Crippen molar-refractivity contribution in [2.24, 2.45) is 0 Å². The van der Waals surface area contributed by atoms with Gasteiger partial charge in [-0.3, -0.25) is 0 Å². The first-order chi connectivity index (χ1) is 9.65. The van der Waals surface area contributed by atoms with Gasteiger partial charge in [0.15, 0.2) is 0 Å². The number of hydrogen-bond acceptors (Lipinski definition) is 3. The fourth-order valence-electron chi connectivity index (χ4n) is 2.22. The molecule has 1 aromatic heterocycles.